The first-order chi connectivity index (χ1) is 8.26. The molecule has 1 heterocycles. The van der Waals surface area contributed by atoms with E-state index in [4.69, 9.17) is 4.74 Å². The maximum atomic E-state index is 11.5. The topological polar surface area (TPSA) is 81.2 Å². The normalized spacial score (nSPS) is 10.9. The second-order valence-electron chi connectivity index (χ2n) is 4.83. The maximum absolute atomic E-state index is 11.5. The first kappa shape index (κ1) is 14.1. The number of hydrogen-bond acceptors (Lipinski definition) is 5. The molecule has 1 aromatic heterocycles. The third-order valence-electron chi connectivity index (χ3n) is 1.79. The van der Waals surface area contributed by atoms with E-state index in [0.29, 0.717) is 11.5 Å². The van der Waals surface area contributed by atoms with Crippen molar-refractivity contribution in [3.63, 3.8) is 0 Å². The molecule has 0 unspecified atom stereocenters. The lowest BCUT2D eigenvalue weighted by molar-refractivity contribution is -0.155. The van der Waals surface area contributed by atoms with E-state index in [9.17, 15) is 9.59 Å². The monoisotopic (exact) mass is 251 g/mol. The molecule has 6 heteroatoms. The van der Waals surface area contributed by atoms with Crippen molar-refractivity contribution >= 4 is 17.6 Å². The summed E-state index contributed by atoms with van der Waals surface area (Å²) in [5.41, 5.74) is -0.140. The van der Waals surface area contributed by atoms with Gasteiger partial charge in [0.2, 0.25) is 5.91 Å². The van der Waals surface area contributed by atoms with Crippen molar-refractivity contribution in [1.29, 1.82) is 0 Å². The molecular formula is C12H17N3O3. The van der Waals surface area contributed by atoms with E-state index in [0.717, 1.165) is 0 Å². The molecule has 0 aliphatic rings. The van der Waals surface area contributed by atoms with Crippen LogP contribution < -0.4 is 5.32 Å². The van der Waals surface area contributed by atoms with Crippen LogP contribution in [0.5, 0.6) is 0 Å². The SMILES string of the molecule is Cc1ncc(NC(=O)CC(=O)OC(C)(C)C)cn1. The molecule has 0 saturated heterocycles. The molecule has 1 aromatic rings. The van der Waals surface area contributed by atoms with E-state index >= 15 is 0 Å². The number of hydrogen-bond donors (Lipinski definition) is 1. The average Bonchev–Trinajstić information content (AvgIpc) is 2.18. The van der Waals surface area contributed by atoms with Gasteiger partial charge in [-0.2, -0.15) is 0 Å². The number of anilines is 1. The van der Waals surface area contributed by atoms with E-state index in [2.05, 4.69) is 15.3 Å². The fourth-order valence-electron chi connectivity index (χ4n) is 1.17. The van der Waals surface area contributed by atoms with Crippen molar-refractivity contribution in [3.05, 3.63) is 18.2 Å². The number of esters is 1. The Balaban J connectivity index is 2.47. The van der Waals surface area contributed by atoms with Crippen LogP contribution in [0.25, 0.3) is 0 Å². The van der Waals surface area contributed by atoms with Gasteiger partial charge in [0.1, 0.15) is 17.8 Å². The molecular weight excluding hydrogens is 234 g/mol. The molecule has 0 saturated carbocycles. The summed E-state index contributed by atoms with van der Waals surface area (Å²) in [5.74, 6) is -0.398. The Bertz CT molecular complexity index is 435. The second kappa shape index (κ2) is 5.57. The Morgan fingerprint density at radius 1 is 1.28 bits per heavy atom. The van der Waals surface area contributed by atoms with Gasteiger partial charge in [0.15, 0.2) is 0 Å². The lowest BCUT2D eigenvalue weighted by Crippen LogP contribution is -2.27. The lowest BCUT2D eigenvalue weighted by Gasteiger charge is -2.19. The van der Waals surface area contributed by atoms with Gasteiger partial charge in [-0.3, -0.25) is 9.59 Å². The molecule has 0 radical (unpaired) electrons. The number of rotatable bonds is 3. The Hall–Kier alpha value is -1.98. The summed E-state index contributed by atoms with van der Waals surface area (Å²) in [7, 11) is 0. The molecule has 0 bridgehead atoms. The molecule has 18 heavy (non-hydrogen) atoms. The van der Waals surface area contributed by atoms with Gasteiger partial charge >= 0.3 is 5.97 Å². The number of aryl methyl sites for hydroxylation is 1. The van der Waals surface area contributed by atoms with E-state index in [1.54, 1.807) is 27.7 Å². The molecule has 0 spiro atoms. The van der Waals surface area contributed by atoms with Crippen molar-refractivity contribution in [1.82, 2.24) is 9.97 Å². The summed E-state index contributed by atoms with van der Waals surface area (Å²) in [5, 5.41) is 2.52. The summed E-state index contributed by atoms with van der Waals surface area (Å²) in [6.07, 6.45) is 2.63. The molecule has 0 fully saturated rings. The van der Waals surface area contributed by atoms with Crippen LogP contribution in [0, 0.1) is 6.92 Å². The molecule has 6 nitrogen and oxygen atoms in total. The molecule has 0 atom stereocenters. The van der Waals surface area contributed by atoms with Crippen molar-refractivity contribution in [2.24, 2.45) is 0 Å². The predicted molar refractivity (Wildman–Crippen MR) is 65.9 cm³/mol. The number of nitrogens with one attached hydrogen (secondary N) is 1. The Morgan fingerprint density at radius 3 is 2.33 bits per heavy atom. The standard InChI is InChI=1S/C12H17N3O3/c1-8-13-6-9(7-14-8)15-10(16)5-11(17)18-12(2,3)4/h6-7H,5H2,1-4H3,(H,15,16). The summed E-state index contributed by atoms with van der Waals surface area (Å²) < 4.78 is 5.03. The minimum atomic E-state index is -0.593. The van der Waals surface area contributed by atoms with Gasteiger partial charge in [-0.1, -0.05) is 0 Å². The fraction of sp³-hybridized carbons (Fsp3) is 0.500. The number of carbonyl (C=O) groups excluding carboxylic acids is 2. The molecule has 1 rings (SSSR count). The Labute approximate surface area is 106 Å². The van der Waals surface area contributed by atoms with Gasteiger partial charge in [-0.05, 0) is 27.7 Å². The summed E-state index contributed by atoms with van der Waals surface area (Å²) in [6, 6.07) is 0. The molecule has 1 N–H and O–H groups in total. The highest BCUT2D eigenvalue weighted by molar-refractivity contribution is 6.01. The van der Waals surface area contributed by atoms with Gasteiger partial charge in [-0.15, -0.1) is 0 Å². The highest BCUT2D eigenvalue weighted by Gasteiger charge is 2.18. The largest absolute Gasteiger partial charge is 0.460 e. The number of amides is 1. The Kier molecular flexibility index (Phi) is 4.36. The first-order valence-corrected chi connectivity index (χ1v) is 5.56. The van der Waals surface area contributed by atoms with E-state index in [1.807, 2.05) is 0 Å². The smallest absolute Gasteiger partial charge is 0.315 e. The number of ether oxygens (including phenoxy) is 1. The Morgan fingerprint density at radius 2 is 1.83 bits per heavy atom. The first-order valence-electron chi connectivity index (χ1n) is 5.56. The molecule has 0 aliphatic carbocycles. The molecule has 98 valence electrons. The van der Waals surface area contributed by atoms with Crippen molar-refractivity contribution in [2.45, 2.75) is 39.7 Å². The average molecular weight is 251 g/mol. The van der Waals surface area contributed by atoms with Crippen LogP contribution in [0.4, 0.5) is 5.69 Å². The third kappa shape index (κ3) is 5.38. The minimum Gasteiger partial charge on any atom is -0.460 e. The minimum absolute atomic E-state index is 0.328. The molecule has 0 aliphatic heterocycles. The maximum Gasteiger partial charge on any atom is 0.315 e. The van der Waals surface area contributed by atoms with Crippen LogP contribution in [0.1, 0.15) is 33.0 Å². The van der Waals surface area contributed by atoms with Crippen LogP contribution in [0.2, 0.25) is 0 Å². The third-order valence-corrected chi connectivity index (χ3v) is 1.79. The lowest BCUT2D eigenvalue weighted by atomic mass is 10.2. The summed E-state index contributed by atoms with van der Waals surface area (Å²) in [4.78, 5) is 30.8. The zero-order valence-electron chi connectivity index (χ0n) is 11.0. The van der Waals surface area contributed by atoms with Crippen molar-refractivity contribution in [2.75, 3.05) is 5.32 Å². The summed E-state index contributed by atoms with van der Waals surface area (Å²) in [6.45, 7) is 6.98. The zero-order chi connectivity index (χ0) is 13.8. The van der Waals surface area contributed by atoms with Gasteiger partial charge in [0.05, 0.1) is 18.1 Å². The fourth-order valence-corrected chi connectivity index (χ4v) is 1.17. The number of nitrogens with zero attached hydrogens (tertiary/aromatic N) is 2. The van der Waals surface area contributed by atoms with Crippen LogP contribution in [-0.2, 0) is 14.3 Å². The quantitative estimate of drug-likeness (QED) is 0.649. The van der Waals surface area contributed by atoms with Crippen LogP contribution >= 0.6 is 0 Å². The van der Waals surface area contributed by atoms with E-state index in [-0.39, 0.29) is 6.42 Å². The predicted octanol–water partition coefficient (Wildman–Crippen LogP) is 1.46. The van der Waals surface area contributed by atoms with Gasteiger partial charge < -0.3 is 10.1 Å². The molecule has 0 aromatic carbocycles. The highest BCUT2D eigenvalue weighted by Crippen LogP contribution is 2.09. The zero-order valence-corrected chi connectivity index (χ0v) is 11.0. The summed E-state index contributed by atoms with van der Waals surface area (Å²) >= 11 is 0. The molecule has 1 amide bonds. The van der Waals surface area contributed by atoms with Crippen molar-refractivity contribution in [3.8, 4) is 0 Å². The van der Waals surface area contributed by atoms with E-state index < -0.39 is 17.5 Å². The van der Waals surface area contributed by atoms with Crippen LogP contribution in [-0.4, -0.2) is 27.4 Å². The van der Waals surface area contributed by atoms with E-state index in [1.165, 1.54) is 12.4 Å². The van der Waals surface area contributed by atoms with Gasteiger partial charge in [-0.25, -0.2) is 9.97 Å². The van der Waals surface area contributed by atoms with Crippen molar-refractivity contribution < 1.29 is 14.3 Å². The number of carbonyl (C=O) groups is 2. The van der Waals surface area contributed by atoms with Crippen LogP contribution in [0.3, 0.4) is 0 Å². The highest BCUT2D eigenvalue weighted by atomic mass is 16.6. The number of aromatic nitrogens is 2. The second-order valence-corrected chi connectivity index (χ2v) is 4.83. The van der Waals surface area contributed by atoms with Gasteiger partial charge in [0, 0.05) is 0 Å². The van der Waals surface area contributed by atoms with Crippen LogP contribution in [0.15, 0.2) is 12.4 Å². The van der Waals surface area contributed by atoms with Gasteiger partial charge in [0.25, 0.3) is 0 Å².